The lowest BCUT2D eigenvalue weighted by atomic mass is 10.0. The van der Waals surface area contributed by atoms with Gasteiger partial charge in [-0.3, -0.25) is 0 Å². The number of aromatic nitrogens is 3. The molecule has 5 aromatic carbocycles. The van der Waals surface area contributed by atoms with Crippen LogP contribution in [0.1, 0.15) is 20.3 Å². The summed E-state index contributed by atoms with van der Waals surface area (Å²) in [5, 5.41) is 11.1. The van der Waals surface area contributed by atoms with Crippen molar-refractivity contribution in [1.82, 2.24) is 15.0 Å². The van der Waals surface area contributed by atoms with Crippen molar-refractivity contribution in [2.24, 2.45) is 0 Å². The molecule has 46 heavy (non-hydrogen) atoms. The van der Waals surface area contributed by atoms with Gasteiger partial charge in [-0.1, -0.05) is 116 Å². The van der Waals surface area contributed by atoms with Crippen LogP contribution in [0.5, 0.6) is 11.5 Å². The van der Waals surface area contributed by atoms with E-state index in [1.807, 2.05) is 91.9 Å². The number of ether oxygens (including phenoxy) is 2. The summed E-state index contributed by atoms with van der Waals surface area (Å²) < 4.78 is 11.0. The molecule has 1 atom stereocenters. The molecule has 1 aromatic heterocycles. The number of phenolic OH excluding ortho intramolecular Hbond substituents is 1. The third-order valence-corrected chi connectivity index (χ3v) is 7.54. The van der Waals surface area contributed by atoms with Crippen molar-refractivity contribution in [3.8, 4) is 67.9 Å². The number of hydrogen-bond donors (Lipinski definition) is 1. The molecule has 6 aromatic rings. The Morgan fingerprint density at radius 1 is 0.609 bits per heavy atom. The lowest BCUT2D eigenvalue weighted by Crippen LogP contribution is -2.28. The van der Waals surface area contributed by atoms with Crippen LogP contribution in [0.2, 0.25) is 0 Å². The largest absolute Gasteiger partial charge is 0.507 e. The molecule has 0 fully saturated rings. The van der Waals surface area contributed by atoms with E-state index in [-0.39, 0.29) is 12.4 Å². The predicted octanol–water partition coefficient (Wildman–Crippen LogP) is 8.63. The Morgan fingerprint density at radius 3 is 1.52 bits per heavy atom. The van der Waals surface area contributed by atoms with E-state index in [1.54, 1.807) is 19.1 Å². The van der Waals surface area contributed by atoms with E-state index in [0.29, 0.717) is 35.2 Å². The Hall–Kier alpha value is -5.82. The summed E-state index contributed by atoms with van der Waals surface area (Å²) in [7, 11) is 0. The SMILES string of the molecule is CCOC(=O)C(CC)Oc1ccc(-c2nc(-c3ccc(-c4ccccc4)cc3)nc(-c3ccc(-c4ccccc4)cc3)n2)c(O)c1. The van der Waals surface area contributed by atoms with Crippen LogP contribution in [0.3, 0.4) is 0 Å². The highest BCUT2D eigenvalue weighted by Crippen LogP contribution is 2.34. The normalized spacial score (nSPS) is 11.5. The van der Waals surface area contributed by atoms with E-state index in [9.17, 15) is 9.90 Å². The molecular formula is C39H33N3O4. The number of esters is 1. The van der Waals surface area contributed by atoms with E-state index >= 15 is 0 Å². The first kappa shape index (κ1) is 30.2. The molecule has 0 radical (unpaired) electrons. The number of nitrogens with zero attached hydrogens (tertiary/aromatic N) is 3. The Bertz CT molecular complexity index is 1830. The Kier molecular flexibility index (Phi) is 9.11. The van der Waals surface area contributed by atoms with Gasteiger partial charge in [0.25, 0.3) is 0 Å². The van der Waals surface area contributed by atoms with E-state index < -0.39 is 12.1 Å². The first-order chi connectivity index (χ1) is 22.5. The van der Waals surface area contributed by atoms with E-state index in [4.69, 9.17) is 24.4 Å². The van der Waals surface area contributed by atoms with Gasteiger partial charge in [0.05, 0.1) is 12.2 Å². The van der Waals surface area contributed by atoms with Gasteiger partial charge in [0, 0.05) is 17.2 Å². The van der Waals surface area contributed by atoms with Gasteiger partial charge < -0.3 is 14.6 Å². The fourth-order valence-electron chi connectivity index (χ4n) is 5.11. The number of benzene rings is 5. The van der Waals surface area contributed by atoms with E-state index in [0.717, 1.165) is 33.4 Å². The molecule has 7 heteroatoms. The van der Waals surface area contributed by atoms with Gasteiger partial charge in [0.2, 0.25) is 0 Å². The number of hydrogen-bond acceptors (Lipinski definition) is 7. The van der Waals surface area contributed by atoms with Crippen molar-refractivity contribution in [2.75, 3.05) is 6.61 Å². The monoisotopic (exact) mass is 607 g/mol. The summed E-state index contributed by atoms with van der Waals surface area (Å²) in [6.07, 6.45) is -0.355. The second-order valence-electron chi connectivity index (χ2n) is 10.6. The fourth-order valence-corrected chi connectivity index (χ4v) is 5.11. The Balaban J connectivity index is 1.38. The van der Waals surface area contributed by atoms with Crippen LogP contribution >= 0.6 is 0 Å². The molecule has 0 aliphatic heterocycles. The third kappa shape index (κ3) is 6.79. The van der Waals surface area contributed by atoms with Crippen LogP contribution in [-0.2, 0) is 9.53 Å². The summed E-state index contributed by atoms with van der Waals surface area (Å²) in [5.41, 5.74) is 6.42. The van der Waals surface area contributed by atoms with Gasteiger partial charge in [0.1, 0.15) is 11.5 Å². The standard InChI is InChI=1S/C39H33N3O4/c1-3-35(39(44)45-4-2)46-32-23-24-33(34(43)25-32)38-41-36(30-19-15-28(16-20-30)26-11-7-5-8-12-26)40-37(42-38)31-21-17-29(18-22-31)27-13-9-6-10-14-27/h5-25,35,43H,3-4H2,1-2H3. The van der Waals surface area contributed by atoms with Gasteiger partial charge in [-0.15, -0.1) is 0 Å². The summed E-state index contributed by atoms with van der Waals surface area (Å²) in [5.74, 6) is 1.05. The molecule has 228 valence electrons. The average molecular weight is 608 g/mol. The molecular weight excluding hydrogens is 574 g/mol. The lowest BCUT2D eigenvalue weighted by molar-refractivity contribution is -0.151. The second kappa shape index (κ2) is 13.9. The van der Waals surface area contributed by atoms with E-state index in [2.05, 4.69) is 24.3 Å². The maximum Gasteiger partial charge on any atom is 0.347 e. The molecule has 0 bridgehead atoms. The fraction of sp³-hybridized carbons (Fsp3) is 0.128. The zero-order chi connectivity index (χ0) is 31.9. The average Bonchev–Trinajstić information content (AvgIpc) is 3.11. The first-order valence-corrected chi connectivity index (χ1v) is 15.3. The number of rotatable bonds is 10. The molecule has 0 amide bonds. The van der Waals surface area contributed by atoms with Crippen molar-refractivity contribution in [3.05, 3.63) is 127 Å². The zero-order valence-electron chi connectivity index (χ0n) is 25.6. The molecule has 0 aliphatic carbocycles. The van der Waals surface area contributed by atoms with Crippen LogP contribution < -0.4 is 4.74 Å². The van der Waals surface area contributed by atoms with Gasteiger partial charge >= 0.3 is 5.97 Å². The highest BCUT2D eigenvalue weighted by Gasteiger charge is 2.21. The first-order valence-electron chi connectivity index (χ1n) is 15.3. The lowest BCUT2D eigenvalue weighted by Gasteiger charge is -2.16. The van der Waals surface area contributed by atoms with Gasteiger partial charge in [-0.25, -0.2) is 19.7 Å². The summed E-state index contributed by atoms with van der Waals surface area (Å²) >= 11 is 0. The number of phenols is 1. The minimum atomic E-state index is -0.779. The molecule has 0 saturated carbocycles. The second-order valence-corrected chi connectivity index (χ2v) is 10.6. The molecule has 0 saturated heterocycles. The molecule has 0 spiro atoms. The van der Waals surface area contributed by atoms with Crippen LogP contribution in [0, 0.1) is 0 Å². The van der Waals surface area contributed by atoms with Crippen molar-refractivity contribution < 1.29 is 19.4 Å². The summed E-state index contributed by atoms with van der Waals surface area (Å²) in [4.78, 5) is 26.7. The maximum atomic E-state index is 12.3. The molecule has 1 heterocycles. The molecule has 7 nitrogen and oxygen atoms in total. The van der Waals surface area contributed by atoms with Crippen LogP contribution in [0.4, 0.5) is 0 Å². The quantitative estimate of drug-likeness (QED) is 0.156. The molecule has 1 unspecified atom stereocenters. The van der Waals surface area contributed by atoms with Crippen molar-refractivity contribution in [1.29, 1.82) is 0 Å². The molecule has 6 rings (SSSR count). The molecule has 1 N–H and O–H groups in total. The highest BCUT2D eigenvalue weighted by molar-refractivity contribution is 5.76. The number of carbonyl (C=O) groups is 1. The van der Waals surface area contributed by atoms with Gasteiger partial charge in [0.15, 0.2) is 23.6 Å². The van der Waals surface area contributed by atoms with Crippen LogP contribution in [-0.4, -0.2) is 38.7 Å². The number of aromatic hydroxyl groups is 1. The Labute approximate surface area is 268 Å². The summed E-state index contributed by atoms with van der Waals surface area (Å²) in [6.45, 7) is 3.84. The van der Waals surface area contributed by atoms with Crippen molar-refractivity contribution >= 4 is 5.97 Å². The van der Waals surface area contributed by atoms with Gasteiger partial charge in [-0.2, -0.15) is 0 Å². The summed E-state index contributed by atoms with van der Waals surface area (Å²) in [6, 6.07) is 41.3. The van der Waals surface area contributed by atoms with Crippen molar-refractivity contribution in [3.63, 3.8) is 0 Å². The maximum absolute atomic E-state index is 12.3. The van der Waals surface area contributed by atoms with Crippen LogP contribution in [0.15, 0.2) is 127 Å². The van der Waals surface area contributed by atoms with Crippen molar-refractivity contribution in [2.45, 2.75) is 26.4 Å². The zero-order valence-corrected chi connectivity index (χ0v) is 25.6. The third-order valence-electron chi connectivity index (χ3n) is 7.54. The highest BCUT2D eigenvalue weighted by atomic mass is 16.6. The minimum Gasteiger partial charge on any atom is -0.507 e. The molecule has 0 aliphatic rings. The topological polar surface area (TPSA) is 94.4 Å². The van der Waals surface area contributed by atoms with E-state index in [1.165, 1.54) is 6.07 Å². The van der Waals surface area contributed by atoms with Crippen LogP contribution in [0.25, 0.3) is 56.4 Å². The minimum absolute atomic E-state index is 0.0850. The Morgan fingerprint density at radius 2 is 1.07 bits per heavy atom. The number of carbonyl (C=O) groups excluding carboxylic acids is 1. The van der Waals surface area contributed by atoms with Gasteiger partial charge in [-0.05, 0) is 47.7 Å². The smallest absolute Gasteiger partial charge is 0.347 e. The predicted molar refractivity (Wildman–Crippen MR) is 180 cm³/mol.